The zero-order valence-electron chi connectivity index (χ0n) is 15.9. The van der Waals surface area contributed by atoms with Gasteiger partial charge in [-0.1, -0.05) is 6.58 Å². The van der Waals surface area contributed by atoms with Crippen molar-refractivity contribution in [2.24, 2.45) is 5.10 Å². The molecule has 1 amide bonds. The number of ether oxygens (including phenoxy) is 2. The molecule has 0 spiro atoms. The number of hydrogen-bond donors (Lipinski definition) is 0. The maximum Gasteiger partial charge on any atom is 0.278 e. The summed E-state index contributed by atoms with van der Waals surface area (Å²) in [6, 6.07) is 2.96. The summed E-state index contributed by atoms with van der Waals surface area (Å²) in [6.07, 6.45) is 6.39. The lowest BCUT2D eigenvalue weighted by molar-refractivity contribution is 0.0860. The molecular formula is C20H18FN5O3. The van der Waals surface area contributed by atoms with Crippen molar-refractivity contribution in [2.45, 2.75) is 13.2 Å². The molecule has 29 heavy (non-hydrogen) atoms. The van der Waals surface area contributed by atoms with Crippen LogP contribution in [-0.2, 0) is 13.2 Å². The largest absolute Gasteiger partial charge is 0.495 e. The van der Waals surface area contributed by atoms with Crippen molar-refractivity contribution < 1.29 is 18.7 Å². The zero-order chi connectivity index (χ0) is 20.5. The highest BCUT2D eigenvalue weighted by atomic mass is 19.1. The van der Waals surface area contributed by atoms with Crippen molar-refractivity contribution in [3.8, 4) is 11.5 Å². The van der Waals surface area contributed by atoms with Gasteiger partial charge in [-0.25, -0.2) is 9.37 Å². The van der Waals surface area contributed by atoms with E-state index in [-0.39, 0.29) is 18.2 Å². The van der Waals surface area contributed by atoms with Crippen LogP contribution < -0.4 is 9.47 Å². The van der Waals surface area contributed by atoms with Crippen molar-refractivity contribution in [1.29, 1.82) is 0 Å². The highest BCUT2D eigenvalue weighted by Gasteiger charge is 2.32. The summed E-state index contributed by atoms with van der Waals surface area (Å²) < 4.78 is 24.6. The minimum absolute atomic E-state index is 0.0731. The average molecular weight is 395 g/mol. The Labute approximate surface area is 166 Å². The average Bonchev–Trinajstić information content (AvgIpc) is 3.05. The van der Waals surface area contributed by atoms with Crippen LogP contribution in [0.5, 0.6) is 11.5 Å². The summed E-state index contributed by atoms with van der Waals surface area (Å²) in [7, 11) is 3.20. The van der Waals surface area contributed by atoms with E-state index in [0.717, 1.165) is 5.70 Å². The van der Waals surface area contributed by atoms with Crippen LogP contribution in [0, 0.1) is 5.82 Å². The molecule has 0 bridgehead atoms. The van der Waals surface area contributed by atoms with Gasteiger partial charge >= 0.3 is 0 Å². The van der Waals surface area contributed by atoms with Gasteiger partial charge in [-0.2, -0.15) is 5.10 Å². The number of halogens is 1. The number of rotatable bonds is 4. The smallest absolute Gasteiger partial charge is 0.278 e. The minimum atomic E-state index is -0.521. The van der Waals surface area contributed by atoms with Crippen molar-refractivity contribution in [3.63, 3.8) is 0 Å². The molecule has 2 aromatic rings. The topological polar surface area (TPSA) is 80.2 Å². The van der Waals surface area contributed by atoms with E-state index in [9.17, 15) is 9.18 Å². The van der Waals surface area contributed by atoms with E-state index in [1.54, 1.807) is 30.3 Å². The number of hydrazone groups is 1. The molecule has 4 rings (SSSR count). The maximum atomic E-state index is 14.0. The van der Waals surface area contributed by atoms with E-state index in [1.807, 2.05) is 0 Å². The van der Waals surface area contributed by atoms with E-state index >= 15 is 0 Å². The SMILES string of the molecule is C=C1C=CC(N2Cc3cc(OCc4ncc(OC)cc4F)cnc3C2=O)=NN1C. The van der Waals surface area contributed by atoms with Gasteiger partial charge in [0.15, 0.2) is 11.7 Å². The normalized spacial score (nSPS) is 15.5. The summed E-state index contributed by atoms with van der Waals surface area (Å²) in [5.74, 6) is 0.501. The minimum Gasteiger partial charge on any atom is -0.495 e. The number of hydrogen-bond acceptors (Lipinski definition) is 7. The lowest BCUT2D eigenvalue weighted by Gasteiger charge is -2.23. The molecule has 2 aliphatic rings. The zero-order valence-corrected chi connectivity index (χ0v) is 15.9. The van der Waals surface area contributed by atoms with Gasteiger partial charge in [0.25, 0.3) is 5.91 Å². The quantitative estimate of drug-likeness (QED) is 0.791. The summed E-state index contributed by atoms with van der Waals surface area (Å²) in [5.41, 5.74) is 1.92. The Morgan fingerprint density at radius 3 is 2.72 bits per heavy atom. The van der Waals surface area contributed by atoms with Gasteiger partial charge in [0.2, 0.25) is 0 Å². The standard InChI is InChI=1S/C20H18FN5O3/c1-12-4-5-18(24-25(12)2)26-10-13-6-15(9-23-19(13)20(26)27)29-11-17-16(21)7-14(28-3)8-22-17/h4-9H,1,10-11H2,2-3H3. The first kappa shape index (κ1) is 18.6. The Balaban J connectivity index is 1.48. The van der Waals surface area contributed by atoms with Gasteiger partial charge in [0.1, 0.15) is 29.5 Å². The van der Waals surface area contributed by atoms with Crippen LogP contribution in [0.4, 0.5) is 4.39 Å². The van der Waals surface area contributed by atoms with Crippen LogP contribution in [0.15, 0.2) is 54.1 Å². The maximum absolute atomic E-state index is 14.0. The second-order valence-electron chi connectivity index (χ2n) is 6.47. The first-order valence-electron chi connectivity index (χ1n) is 8.77. The molecule has 8 nitrogen and oxygen atoms in total. The summed E-state index contributed by atoms with van der Waals surface area (Å²) in [5, 5.41) is 5.95. The molecule has 0 N–H and O–H groups in total. The van der Waals surface area contributed by atoms with E-state index < -0.39 is 5.82 Å². The van der Waals surface area contributed by atoms with Gasteiger partial charge < -0.3 is 9.47 Å². The number of likely N-dealkylation sites (N-methyl/N-ethyl adjacent to an activating group) is 1. The first-order valence-corrected chi connectivity index (χ1v) is 8.77. The molecule has 9 heteroatoms. The van der Waals surface area contributed by atoms with Crippen LogP contribution in [0.2, 0.25) is 0 Å². The Bertz CT molecular complexity index is 1070. The fraction of sp³-hybridized carbons (Fsp3) is 0.200. The monoisotopic (exact) mass is 395 g/mol. The van der Waals surface area contributed by atoms with Crippen molar-refractivity contribution in [2.75, 3.05) is 14.2 Å². The van der Waals surface area contributed by atoms with Crippen molar-refractivity contribution >= 4 is 11.7 Å². The predicted octanol–water partition coefficient (Wildman–Crippen LogP) is 2.49. The third-order valence-corrected chi connectivity index (χ3v) is 4.59. The summed E-state index contributed by atoms with van der Waals surface area (Å²) >= 11 is 0. The van der Waals surface area contributed by atoms with E-state index in [4.69, 9.17) is 9.47 Å². The molecule has 2 aromatic heterocycles. The Morgan fingerprint density at radius 1 is 1.21 bits per heavy atom. The molecule has 0 saturated carbocycles. The Kier molecular flexibility index (Phi) is 4.71. The Hall–Kier alpha value is -3.75. The number of carbonyl (C=O) groups excluding carboxylic acids is 1. The van der Waals surface area contributed by atoms with E-state index in [2.05, 4.69) is 21.6 Å². The van der Waals surface area contributed by atoms with Gasteiger partial charge in [-0.15, -0.1) is 0 Å². The van der Waals surface area contributed by atoms with Crippen LogP contribution in [-0.4, -0.2) is 45.8 Å². The molecule has 148 valence electrons. The van der Waals surface area contributed by atoms with E-state index in [0.29, 0.717) is 35.1 Å². The second kappa shape index (κ2) is 7.34. The third kappa shape index (κ3) is 3.54. The first-order chi connectivity index (χ1) is 14.0. The lowest BCUT2D eigenvalue weighted by Crippen LogP contribution is -2.33. The molecule has 0 unspecified atom stereocenters. The van der Waals surface area contributed by atoms with Crippen LogP contribution in [0.1, 0.15) is 21.7 Å². The van der Waals surface area contributed by atoms with Gasteiger partial charge in [-0.05, 0) is 18.2 Å². The molecule has 0 atom stereocenters. The second-order valence-corrected chi connectivity index (χ2v) is 6.47. The number of carbonyl (C=O) groups is 1. The van der Waals surface area contributed by atoms with Gasteiger partial charge in [-0.3, -0.25) is 19.7 Å². The van der Waals surface area contributed by atoms with Crippen LogP contribution in [0.25, 0.3) is 0 Å². The number of amides is 1. The summed E-state index contributed by atoms with van der Waals surface area (Å²) in [6.45, 7) is 4.09. The number of pyridine rings is 2. The fourth-order valence-electron chi connectivity index (χ4n) is 2.93. The summed E-state index contributed by atoms with van der Waals surface area (Å²) in [4.78, 5) is 22.4. The number of nitrogens with zero attached hydrogens (tertiary/aromatic N) is 5. The van der Waals surface area contributed by atoms with Gasteiger partial charge in [0, 0.05) is 18.7 Å². The predicted molar refractivity (Wildman–Crippen MR) is 103 cm³/mol. The lowest BCUT2D eigenvalue weighted by atomic mass is 10.2. The molecule has 2 aliphatic heterocycles. The molecule has 0 fully saturated rings. The molecular weight excluding hydrogens is 377 g/mol. The highest BCUT2D eigenvalue weighted by molar-refractivity contribution is 6.12. The fourth-order valence-corrected chi connectivity index (χ4v) is 2.93. The number of fused-ring (bicyclic) bond motifs is 1. The molecule has 0 radical (unpaired) electrons. The van der Waals surface area contributed by atoms with Crippen molar-refractivity contribution in [3.05, 3.63) is 71.7 Å². The van der Waals surface area contributed by atoms with Crippen LogP contribution in [0.3, 0.4) is 0 Å². The Morgan fingerprint density at radius 2 is 2.00 bits per heavy atom. The third-order valence-electron chi connectivity index (χ3n) is 4.59. The number of amidine groups is 1. The molecule has 0 aromatic carbocycles. The van der Waals surface area contributed by atoms with E-state index in [1.165, 1.54) is 30.5 Å². The highest BCUT2D eigenvalue weighted by Crippen LogP contribution is 2.27. The van der Waals surface area contributed by atoms with Gasteiger partial charge in [0.05, 0.1) is 31.7 Å². The molecule has 0 saturated heterocycles. The number of allylic oxidation sites excluding steroid dienone is 1. The van der Waals surface area contributed by atoms with Crippen molar-refractivity contribution in [1.82, 2.24) is 19.9 Å². The number of methoxy groups -OCH3 is 1. The molecule has 4 heterocycles. The van der Waals surface area contributed by atoms with Crippen LogP contribution >= 0.6 is 0 Å². The number of aromatic nitrogens is 2. The molecule has 0 aliphatic carbocycles.